The molecule has 0 aliphatic heterocycles. The first kappa shape index (κ1) is 19.4. The van der Waals surface area contributed by atoms with Gasteiger partial charge in [0.05, 0.1) is 16.7 Å². The van der Waals surface area contributed by atoms with Crippen molar-refractivity contribution in [3.63, 3.8) is 0 Å². The molecular weight excluding hydrogens is 406 g/mol. The van der Waals surface area contributed by atoms with Gasteiger partial charge in [0.1, 0.15) is 10.0 Å². The molecule has 4 rings (SSSR count). The first-order chi connectivity index (χ1) is 14.1. The summed E-state index contributed by atoms with van der Waals surface area (Å²) in [5.74, 6) is 0. The number of nitrogens with zero attached hydrogens (tertiary/aromatic N) is 4. The molecule has 1 aliphatic rings. The van der Waals surface area contributed by atoms with E-state index < -0.39 is 0 Å². The number of nitro groups is 1. The zero-order valence-electron chi connectivity index (χ0n) is 15.7. The lowest BCUT2D eigenvalue weighted by Gasteiger charge is -2.19. The van der Waals surface area contributed by atoms with Crippen LogP contribution in [0.15, 0.2) is 59.1 Å². The molecule has 0 saturated carbocycles. The van der Waals surface area contributed by atoms with Crippen molar-refractivity contribution in [1.29, 1.82) is 0 Å². The van der Waals surface area contributed by atoms with E-state index in [1.54, 1.807) is 17.4 Å². The molecule has 0 radical (unpaired) electrons. The van der Waals surface area contributed by atoms with Crippen molar-refractivity contribution in [2.75, 3.05) is 5.32 Å². The lowest BCUT2D eigenvalue weighted by Crippen LogP contribution is -2.13. The van der Waals surface area contributed by atoms with Crippen molar-refractivity contribution in [2.24, 2.45) is 0 Å². The van der Waals surface area contributed by atoms with E-state index in [0.717, 1.165) is 32.0 Å². The van der Waals surface area contributed by atoms with Crippen molar-refractivity contribution >= 4 is 27.8 Å². The van der Waals surface area contributed by atoms with Gasteiger partial charge in [-0.05, 0) is 19.8 Å². The standard InChI is InChI=1S/C20H19N5O2S2/c1-13-23-24-20(29-13)22-17(11-14-7-9-16(10-8-14)25(26)27)18-12-28-19(21-18)15-5-3-2-4-6-15/h2-7,9,12,17H,8,10-11H2,1H3,(H,22,24)/t17-/m0/s1. The average Bonchev–Trinajstić information content (AvgIpc) is 3.38. The van der Waals surface area contributed by atoms with E-state index in [4.69, 9.17) is 4.98 Å². The number of aryl methyl sites for hydroxylation is 1. The van der Waals surface area contributed by atoms with Gasteiger partial charge in [-0.3, -0.25) is 10.1 Å². The molecule has 2 heterocycles. The van der Waals surface area contributed by atoms with Crippen LogP contribution in [0.1, 0.15) is 36.0 Å². The molecule has 0 amide bonds. The fraction of sp³-hybridized carbons (Fsp3) is 0.250. The number of allylic oxidation sites excluding steroid dienone is 3. The van der Waals surface area contributed by atoms with Gasteiger partial charge in [-0.25, -0.2) is 4.98 Å². The number of aromatic nitrogens is 3. The van der Waals surface area contributed by atoms with E-state index >= 15 is 0 Å². The Morgan fingerprint density at radius 1 is 1.21 bits per heavy atom. The van der Waals surface area contributed by atoms with Crippen molar-refractivity contribution < 1.29 is 4.92 Å². The van der Waals surface area contributed by atoms with Gasteiger partial charge in [0.25, 0.3) is 0 Å². The maximum absolute atomic E-state index is 11.0. The molecule has 9 heteroatoms. The molecule has 0 spiro atoms. The number of hydrogen-bond acceptors (Lipinski definition) is 8. The van der Waals surface area contributed by atoms with Gasteiger partial charge < -0.3 is 5.32 Å². The van der Waals surface area contributed by atoms with Gasteiger partial charge in [0, 0.05) is 23.4 Å². The zero-order chi connectivity index (χ0) is 20.2. The van der Waals surface area contributed by atoms with Crippen LogP contribution >= 0.6 is 22.7 Å². The summed E-state index contributed by atoms with van der Waals surface area (Å²) in [5.41, 5.74) is 3.44. The van der Waals surface area contributed by atoms with Crippen LogP contribution in [0.5, 0.6) is 0 Å². The van der Waals surface area contributed by atoms with Gasteiger partial charge in [0.2, 0.25) is 10.8 Å². The van der Waals surface area contributed by atoms with E-state index in [0.29, 0.717) is 19.3 Å². The molecule has 2 aromatic heterocycles. The summed E-state index contributed by atoms with van der Waals surface area (Å²) >= 11 is 3.11. The summed E-state index contributed by atoms with van der Waals surface area (Å²) < 4.78 is 0. The Morgan fingerprint density at radius 3 is 2.69 bits per heavy atom. The maximum Gasteiger partial charge on any atom is 0.246 e. The molecule has 0 unspecified atom stereocenters. The van der Waals surface area contributed by atoms with Crippen LogP contribution in [0.4, 0.5) is 5.13 Å². The summed E-state index contributed by atoms with van der Waals surface area (Å²) in [7, 11) is 0. The van der Waals surface area contributed by atoms with Crippen molar-refractivity contribution in [3.05, 3.63) is 79.9 Å². The lowest BCUT2D eigenvalue weighted by molar-refractivity contribution is -0.428. The molecule has 1 N–H and O–H groups in total. The number of hydrogen-bond donors (Lipinski definition) is 1. The molecule has 1 aliphatic carbocycles. The number of benzene rings is 1. The van der Waals surface area contributed by atoms with Crippen LogP contribution in [0.2, 0.25) is 0 Å². The summed E-state index contributed by atoms with van der Waals surface area (Å²) in [4.78, 5) is 15.5. The second-order valence-electron chi connectivity index (χ2n) is 6.71. The maximum atomic E-state index is 11.0. The Bertz CT molecular complexity index is 1070. The smallest absolute Gasteiger partial charge is 0.246 e. The minimum Gasteiger partial charge on any atom is -0.351 e. The molecule has 0 bridgehead atoms. The van der Waals surface area contributed by atoms with E-state index in [1.165, 1.54) is 11.3 Å². The summed E-state index contributed by atoms with van der Waals surface area (Å²) in [6, 6.07) is 10.0. The monoisotopic (exact) mass is 425 g/mol. The quantitative estimate of drug-likeness (QED) is 0.403. The van der Waals surface area contributed by atoms with Crippen LogP contribution < -0.4 is 5.32 Å². The average molecular weight is 426 g/mol. The Labute approximate surface area is 176 Å². The molecular formula is C20H19N5O2S2. The van der Waals surface area contributed by atoms with Crippen molar-refractivity contribution in [3.8, 4) is 10.6 Å². The fourth-order valence-electron chi connectivity index (χ4n) is 3.15. The molecule has 0 fully saturated rings. The van der Waals surface area contributed by atoms with E-state index in [-0.39, 0.29) is 16.7 Å². The third-order valence-electron chi connectivity index (χ3n) is 4.64. The Balaban J connectivity index is 1.59. The van der Waals surface area contributed by atoms with Crippen molar-refractivity contribution in [1.82, 2.24) is 15.2 Å². The van der Waals surface area contributed by atoms with Crippen molar-refractivity contribution in [2.45, 2.75) is 32.2 Å². The highest BCUT2D eigenvalue weighted by Gasteiger charge is 2.22. The molecule has 3 aromatic rings. The highest BCUT2D eigenvalue weighted by atomic mass is 32.1. The van der Waals surface area contributed by atoms with Crippen LogP contribution in [-0.4, -0.2) is 20.1 Å². The minimum absolute atomic E-state index is 0.0760. The molecule has 1 atom stereocenters. The van der Waals surface area contributed by atoms with E-state index in [2.05, 4.69) is 20.9 Å². The van der Waals surface area contributed by atoms with Crippen LogP contribution in [0.3, 0.4) is 0 Å². The van der Waals surface area contributed by atoms with E-state index in [1.807, 2.05) is 43.3 Å². The summed E-state index contributed by atoms with van der Waals surface area (Å²) in [5, 5.41) is 27.4. The van der Waals surface area contributed by atoms with Gasteiger partial charge in [0.15, 0.2) is 0 Å². The SMILES string of the molecule is Cc1nnc(N[C@@H](CC2=CC=C([N+](=O)[O-])CC2)c2csc(-c3ccccc3)n2)s1. The summed E-state index contributed by atoms with van der Waals surface area (Å²) in [6.45, 7) is 1.92. The Morgan fingerprint density at radius 2 is 2.03 bits per heavy atom. The number of thiazole rings is 1. The highest BCUT2D eigenvalue weighted by Crippen LogP contribution is 2.34. The van der Waals surface area contributed by atoms with Gasteiger partial charge in [-0.1, -0.05) is 53.3 Å². The molecule has 29 heavy (non-hydrogen) atoms. The van der Waals surface area contributed by atoms with Crippen LogP contribution in [0, 0.1) is 17.0 Å². The fourth-order valence-corrected chi connectivity index (χ4v) is 4.67. The van der Waals surface area contributed by atoms with Gasteiger partial charge in [-0.2, -0.15) is 0 Å². The zero-order valence-corrected chi connectivity index (χ0v) is 17.4. The third-order valence-corrected chi connectivity index (χ3v) is 6.32. The molecule has 148 valence electrons. The second-order valence-corrected chi connectivity index (χ2v) is 8.75. The Kier molecular flexibility index (Phi) is 5.77. The van der Waals surface area contributed by atoms with Crippen LogP contribution in [0.25, 0.3) is 10.6 Å². The Hall–Kier alpha value is -2.91. The second kappa shape index (κ2) is 8.62. The predicted molar refractivity (Wildman–Crippen MR) is 116 cm³/mol. The molecule has 1 aromatic carbocycles. The lowest BCUT2D eigenvalue weighted by atomic mass is 9.95. The van der Waals surface area contributed by atoms with E-state index in [9.17, 15) is 10.1 Å². The normalized spacial score (nSPS) is 14.8. The first-order valence-electron chi connectivity index (χ1n) is 9.19. The van der Waals surface area contributed by atoms with Gasteiger partial charge in [-0.15, -0.1) is 21.5 Å². The highest BCUT2D eigenvalue weighted by molar-refractivity contribution is 7.15. The number of rotatable bonds is 7. The first-order valence-corrected chi connectivity index (χ1v) is 10.9. The number of anilines is 1. The largest absolute Gasteiger partial charge is 0.351 e. The number of nitrogens with one attached hydrogen (secondary N) is 1. The predicted octanol–water partition coefficient (Wildman–Crippen LogP) is 5.39. The molecule has 7 nitrogen and oxygen atoms in total. The molecule has 0 saturated heterocycles. The minimum atomic E-state index is -0.306. The van der Waals surface area contributed by atoms with Crippen LogP contribution in [-0.2, 0) is 0 Å². The van der Waals surface area contributed by atoms with Gasteiger partial charge >= 0.3 is 0 Å². The third kappa shape index (κ3) is 4.75. The summed E-state index contributed by atoms with van der Waals surface area (Å²) in [6.07, 6.45) is 5.32. The topological polar surface area (TPSA) is 93.8 Å².